The number of rotatable bonds is 6. The predicted molar refractivity (Wildman–Crippen MR) is 54.4 cm³/mol. The fraction of sp³-hybridized carbons (Fsp3) is 1.00. The first-order chi connectivity index (χ1) is 6.03. The molecule has 13 heavy (non-hydrogen) atoms. The largest absolute Gasteiger partial charge is 0.212 e. The van der Waals surface area contributed by atoms with E-state index >= 15 is 0 Å². The van der Waals surface area contributed by atoms with E-state index in [2.05, 4.69) is 4.72 Å². The minimum atomic E-state index is -3.05. The van der Waals surface area contributed by atoms with E-state index in [0.29, 0.717) is 24.0 Å². The van der Waals surface area contributed by atoms with Crippen LogP contribution < -0.4 is 4.72 Å². The number of sulfonamides is 1. The number of hydrogen-bond acceptors (Lipinski definition) is 2. The lowest BCUT2D eigenvalue weighted by Crippen LogP contribution is -2.35. The molecular weight excluding hydrogens is 210 g/mol. The molecule has 0 amide bonds. The summed E-state index contributed by atoms with van der Waals surface area (Å²) in [6.07, 6.45) is 2.81. The van der Waals surface area contributed by atoms with E-state index in [1.165, 1.54) is 0 Å². The van der Waals surface area contributed by atoms with Crippen molar-refractivity contribution in [2.45, 2.75) is 32.2 Å². The molecule has 0 unspecified atom stereocenters. The first kappa shape index (κ1) is 11.3. The van der Waals surface area contributed by atoms with Crippen LogP contribution in [0.25, 0.3) is 0 Å². The third kappa shape index (κ3) is 4.84. The Morgan fingerprint density at radius 3 is 2.62 bits per heavy atom. The Kier molecular flexibility index (Phi) is 4.01. The summed E-state index contributed by atoms with van der Waals surface area (Å²) in [6, 6.07) is -0.0405. The highest BCUT2D eigenvalue weighted by Gasteiger charge is 2.28. The summed E-state index contributed by atoms with van der Waals surface area (Å²) in [6.45, 7) is 1.84. The standard InChI is InChI=1S/C8H16ClNO2S/c1-7(4-5-9)10-13(11,12)6-8-2-3-8/h7-8,10H,2-6H2,1H3/t7-/m0/s1. The lowest BCUT2D eigenvalue weighted by Gasteiger charge is -2.12. The summed E-state index contributed by atoms with van der Waals surface area (Å²) < 4.78 is 25.4. The molecule has 0 saturated heterocycles. The molecule has 1 aliphatic carbocycles. The lowest BCUT2D eigenvalue weighted by molar-refractivity contribution is 0.553. The van der Waals surface area contributed by atoms with Gasteiger partial charge in [0.2, 0.25) is 10.0 Å². The van der Waals surface area contributed by atoms with Crippen LogP contribution in [0.1, 0.15) is 26.2 Å². The van der Waals surface area contributed by atoms with Crippen LogP contribution in [-0.4, -0.2) is 26.1 Å². The van der Waals surface area contributed by atoms with Gasteiger partial charge in [0.25, 0.3) is 0 Å². The van der Waals surface area contributed by atoms with Gasteiger partial charge in [0, 0.05) is 11.9 Å². The van der Waals surface area contributed by atoms with Gasteiger partial charge < -0.3 is 0 Å². The molecule has 0 heterocycles. The van der Waals surface area contributed by atoms with Gasteiger partial charge >= 0.3 is 0 Å². The van der Waals surface area contributed by atoms with Crippen LogP contribution in [0.15, 0.2) is 0 Å². The second-order valence-corrected chi connectivity index (χ2v) is 5.90. The average molecular weight is 226 g/mol. The Hall–Kier alpha value is 0.200. The van der Waals surface area contributed by atoms with Crippen LogP contribution in [0.2, 0.25) is 0 Å². The van der Waals surface area contributed by atoms with Gasteiger partial charge in [-0.1, -0.05) is 0 Å². The van der Waals surface area contributed by atoms with Gasteiger partial charge in [-0.05, 0) is 32.1 Å². The first-order valence-electron chi connectivity index (χ1n) is 4.59. The molecule has 1 atom stereocenters. The molecule has 0 aromatic heterocycles. The third-order valence-corrected chi connectivity index (χ3v) is 3.96. The molecule has 0 radical (unpaired) electrons. The summed E-state index contributed by atoms with van der Waals surface area (Å²) in [5.74, 6) is 1.19. The monoisotopic (exact) mass is 225 g/mol. The van der Waals surface area contributed by atoms with E-state index in [4.69, 9.17) is 11.6 Å². The molecule has 3 nitrogen and oxygen atoms in total. The smallest absolute Gasteiger partial charge is 0.212 e. The minimum absolute atomic E-state index is 0.0405. The average Bonchev–Trinajstić information content (AvgIpc) is 2.69. The van der Waals surface area contributed by atoms with Crippen molar-refractivity contribution < 1.29 is 8.42 Å². The van der Waals surface area contributed by atoms with Crippen LogP contribution in [0, 0.1) is 5.92 Å². The molecule has 0 spiro atoms. The van der Waals surface area contributed by atoms with Crippen molar-refractivity contribution >= 4 is 21.6 Å². The molecule has 1 aliphatic rings. The van der Waals surface area contributed by atoms with E-state index in [-0.39, 0.29) is 6.04 Å². The van der Waals surface area contributed by atoms with Crippen LogP contribution in [0.3, 0.4) is 0 Å². The molecule has 5 heteroatoms. The highest BCUT2D eigenvalue weighted by atomic mass is 35.5. The maximum Gasteiger partial charge on any atom is 0.212 e. The second-order valence-electron chi connectivity index (χ2n) is 3.72. The SMILES string of the molecule is C[C@@H](CCCl)NS(=O)(=O)CC1CC1. The van der Waals surface area contributed by atoms with Gasteiger partial charge in [0.15, 0.2) is 0 Å². The summed E-state index contributed by atoms with van der Waals surface area (Å²) in [4.78, 5) is 0. The molecule has 78 valence electrons. The topological polar surface area (TPSA) is 46.2 Å². The predicted octanol–water partition coefficient (Wildman–Crippen LogP) is 1.33. The van der Waals surface area contributed by atoms with Crippen molar-refractivity contribution in [1.82, 2.24) is 4.72 Å². The summed E-state index contributed by atoms with van der Waals surface area (Å²) in [7, 11) is -3.05. The zero-order chi connectivity index (χ0) is 9.90. The maximum atomic E-state index is 11.4. The van der Waals surface area contributed by atoms with Crippen molar-refractivity contribution in [3.8, 4) is 0 Å². The Balaban J connectivity index is 2.31. The zero-order valence-electron chi connectivity index (χ0n) is 7.79. The molecule has 1 fully saturated rings. The van der Waals surface area contributed by atoms with E-state index in [0.717, 1.165) is 12.8 Å². The highest BCUT2D eigenvalue weighted by Crippen LogP contribution is 2.30. The molecule has 0 aromatic rings. The molecule has 0 aliphatic heterocycles. The van der Waals surface area contributed by atoms with Crippen molar-refractivity contribution in [3.05, 3.63) is 0 Å². The van der Waals surface area contributed by atoms with E-state index < -0.39 is 10.0 Å². The van der Waals surface area contributed by atoms with Gasteiger partial charge in [-0.25, -0.2) is 13.1 Å². The van der Waals surface area contributed by atoms with Crippen molar-refractivity contribution in [1.29, 1.82) is 0 Å². The van der Waals surface area contributed by atoms with Crippen molar-refractivity contribution in [3.63, 3.8) is 0 Å². The Labute approximate surface area is 84.9 Å². The normalized spacial score (nSPS) is 20.2. The number of nitrogens with one attached hydrogen (secondary N) is 1. The Morgan fingerprint density at radius 2 is 2.15 bits per heavy atom. The number of alkyl halides is 1. The molecule has 1 saturated carbocycles. The van der Waals surface area contributed by atoms with Crippen molar-refractivity contribution in [2.75, 3.05) is 11.6 Å². The van der Waals surface area contributed by atoms with E-state index in [1.807, 2.05) is 6.92 Å². The molecule has 0 aromatic carbocycles. The molecule has 0 bridgehead atoms. The lowest BCUT2D eigenvalue weighted by atomic mass is 10.3. The highest BCUT2D eigenvalue weighted by molar-refractivity contribution is 7.89. The van der Waals surface area contributed by atoms with E-state index in [9.17, 15) is 8.42 Å². The third-order valence-electron chi connectivity index (χ3n) is 2.07. The fourth-order valence-corrected chi connectivity index (χ4v) is 3.28. The number of halogens is 1. The van der Waals surface area contributed by atoms with Crippen LogP contribution >= 0.6 is 11.6 Å². The van der Waals surface area contributed by atoms with Crippen LogP contribution in [0.4, 0.5) is 0 Å². The van der Waals surface area contributed by atoms with Gasteiger partial charge in [-0.2, -0.15) is 0 Å². The quantitative estimate of drug-likeness (QED) is 0.694. The molecule has 1 N–H and O–H groups in total. The Morgan fingerprint density at radius 1 is 1.54 bits per heavy atom. The van der Waals surface area contributed by atoms with E-state index in [1.54, 1.807) is 0 Å². The summed E-state index contributed by atoms with van der Waals surface area (Å²) in [5, 5.41) is 0. The zero-order valence-corrected chi connectivity index (χ0v) is 9.37. The maximum absolute atomic E-state index is 11.4. The van der Waals surface area contributed by atoms with Gasteiger partial charge in [0.1, 0.15) is 0 Å². The summed E-state index contributed by atoms with van der Waals surface area (Å²) >= 11 is 5.51. The molecular formula is C8H16ClNO2S. The molecule has 1 rings (SSSR count). The van der Waals surface area contributed by atoms with Gasteiger partial charge in [-0.15, -0.1) is 11.6 Å². The minimum Gasteiger partial charge on any atom is -0.212 e. The van der Waals surface area contributed by atoms with Gasteiger partial charge in [-0.3, -0.25) is 0 Å². The van der Waals surface area contributed by atoms with Gasteiger partial charge in [0.05, 0.1) is 5.75 Å². The fourth-order valence-electron chi connectivity index (χ4n) is 1.17. The number of hydrogen-bond donors (Lipinski definition) is 1. The van der Waals surface area contributed by atoms with Crippen LogP contribution in [-0.2, 0) is 10.0 Å². The summed E-state index contributed by atoms with van der Waals surface area (Å²) in [5.41, 5.74) is 0. The Bertz CT molecular complexity index is 249. The first-order valence-corrected chi connectivity index (χ1v) is 6.78. The van der Waals surface area contributed by atoms with Crippen LogP contribution in [0.5, 0.6) is 0 Å². The van der Waals surface area contributed by atoms with Crippen molar-refractivity contribution in [2.24, 2.45) is 5.92 Å². The second kappa shape index (κ2) is 4.62.